The molecule has 0 amide bonds. The Balaban J connectivity index is 2.28. The van der Waals surface area contributed by atoms with E-state index in [9.17, 15) is 13.2 Å². The summed E-state index contributed by atoms with van der Waals surface area (Å²) in [6.45, 7) is 0.831. The Bertz CT molecular complexity index is 331. The zero-order chi connectivity index (χ0) is 12.2. The number of sulfone groups is 1. The highest BCUT2D eigenvalue weighted by molar-refractivity contribution is 7.90. The van der Waals surface area contributed by atoms with Gasteiger partial charge in [-0.2, -0.15) is 0 Å². The van der Waals surface area contributed by atoms with Gasteiger partial charge in [-0.3, -0.25) is 9.69 Å². The molecule has 0 aliphatic heterocycles. The maximum absolute atomic E-state index is 11.8. The number of ketones is 1. The van der Waals surface area contributed by atoms with Crippen LogP contribution in [0.2, 0.25) is 0 Å². The first-order chi connectivity index (χ1) is 7.38. The Hall–Kier alpha value is -0.420. The van der Waals surface area contributed by atoms with Crippen molar-refractivity contribution in [3.05, 3.63) is 0 Å². The fraction of sp³-hybridized carbons (Fsp3) is 0.909. The van der Waals surface area contributed by atoms with Gasteiger partial charge in [-0.15, -0.1) is 0 Å². The van der Waals surface area contributed by atoms with Crippen LogP contribution in [0.1, 0.15) is 25.7 Å². The summed E-state index contributed by atoms with van der Waals surface area (Å²) in [5.41, 5.74) is 0. The number of Topliss-reactive ketones (excluding diaryl/α,β-unsaturated/α-hetero) is 1. The van der Waals surface area contributed by atoms with Gasteiger partial charge in [0.05, 0.1) is 12.3 Å². The minimum Gasteiger partial charge on any atom is -0.298 e. The van der Waals surface area contributed by atoms with Gasteiger partial charge in [-0.05, 0) is 19.9 Å². The van der Waals surface area contributed by atoms with Gasteiger partial charge in [0.2, 0.25) is 0 Å². The zero-order valence-corrected chi connectivity index (χ0v) is 10.9. The zero-order valence-electron chi connectivity index (χ0n) is 10.1. The molecule has 0 atom stereocenters. The molecule has 5 heteroatoms. The van der Waals surface area contributed by atoms with E-state index in [0.717, 1.165) is 25.7 Å². The number of carbonyl (C=O) groups is 1. The van der Waals surface area contributed by atoms with E-state index in [-0.39, 0.29) is 17.5 Å². The minimum absolute atomic E-state index is 0.126. The van der Waals surface area contributed by atoms with E-state index in [4.69, 9.17) is 0 Å². The van der Waals surface area contributed by atoms with Gasteiger partial charge in [0.25, 0.3) is 0 Å². The molecule has 0 aromatic carbocycles. The van der Waals surface area contributed by atoms with Gasteiger partial charge in [0, 0.05) is 18.7 Å². The average Bonchev–Trinajstić information content (AvgIpc) is 2.66. The van der Waals surface area contributed by atoms with Crippen LogP contribution in [-0.2, 0) is 14.6 Å². The van der Waals surface area contributed by atoms with E-state index >= 15 is 0 Å². The van der Waals surface area contributed by atoms with E-state index in [0.29, 0.717) is 13.1 Å². The number of nitrogens with zero attached hydrogens (tertiary/aromatic N) is 1. The van der Waals surface area contributed by atoms with Crippen LogP contribution in [-0.4, -0.2) is 51.2 Å². The molecule has 0 N–H and O–H groups in total. The molecule has 1 aliphatic rings. The second kappa shape index (κ2) is 5.77. The third-order valence-electron chi connectivity index (χ3n) is 3.08. The van der Waals surface area contributed by atoms with Crippen LogP contribution < -0.4 is 0 Å². The van der Waals surface area contributed by atoms with Crippen molar-refractivity contribution in [3.63, 3.8) is 0 Å². The first-order valence-electron chi connectivity index (χ1n) is 5.77. The van der Waals surface area contributed by atoms with Gasteiger partial charge in [0.15, 0.2) is 0 Å². The second-order valence-corrected chi connectivity index (χ2v) is 7.08. The summed E-state index contributed by atoms with van der Waals surface area (Å²) < 4.78 is 21.9. The fourth-order valence-corrected chi connectivity index (χ4v) is 2.69. The molecule has 0 saturated heterocycles. The van der Waals surface area contributed by atoms with Gasteiger partial charge in [-0.1, -0.05) is 12.8 Å². The molecule has 4 nitrogen and oxygen atoms in total. The molecule has 94 valence electrons. The molecule has 0 bridgehead atoms. The van der Waals surface area contributed by atoms with Crippen LogP contribution in [0.5, 0.6) is 0 Å². The molecule has 1 aliphatic carbocycles. The molecule has 0 spiro atoms. The average molecular weight is 247 g/mol. The van der Waals surface area contributed by atoms with Crippen molar-refractivity contribution in [3.8, 4) is 0 Å². The standard InChI is InChI=1S/C11H21NO3S/c1-12(7-8-16(2,14)15)9-11(13)10-5-3-4-6-10/h10H,3-9H2,1-2H3. The van der Waals surface area contributed by atoms with E-state index < -0.39 is 9.84 Å². The number of hydrogen-bond donors (Lipinski definition) is 0. The van der Waals surface area contributed by atoms with Crippen molar-refractivity contribution in [1.29, 1.82) is 0 Å². The van der Waals surface area contributed by atoms with Crippen molar-refractivity contribution in [2.45, 2.75) is 25.7 Å². The molecule has 1 rings (SSSR count). The Kier molecular flexibility index (Phi) is 4.92. The number of carbonyl (C=O) groups excluding carboxylic acids is 1. The van der Waals surface area contributed by atoms with Crippen LogP contribution in [0.4, 0.5) is 0 Å². The van der Waals surface area contributed by atoms with Crippen LogP contribution in [0, 0.1) is 5.92 Å². The quantitative estimate of drug-likeness (QED) is 0.694. The number of likely N-dealkylation sites (N-methyl/N-ethyl adjacent to an activating group) is 1. The van der Waals surface area contributed by atoms with E-state index in [1.54, 1.807) is 7.05 Å². The molecule has 0 heterocycles. The fourth-order valence-electron chi connectivity index (χ4n) is 2.04. The van der Waals surface area contributed by atoms with E-state index in [2.05, 4.69) is 0 Å². The first kappa shape index (κ1) is 13.6. The predicted molar refractivity (Wildman–Crippen MR) is 64.2 cm³/mol. The van der Waals surface area contributed by atoms with Gasteiger partial charge >= 0.3 is 0 Å². The Morgan fingerprint density at radius 1 is 1.31 bits per heavy atom. The maximum Gasteiger partial charge on any atom is 0.149 e. The Morgan fingerprint density at radius 2 is 1.88 bits per heavy atom. The highest BCUT2D eigenvalue weighted by Gasteiger charge is 2.23. The molecule has 1 fully saturated rings. The second-order valence-electron chi connectivity index (χ2n) is 4.82. The van der Waals surface area contributed by atoms with Gasteiger partial charge in [-0.25, -0.2) is 8.42 Å². The molecular weight excluding hydrogens is 226 g/mol. The normalized spacial score (nSPS) is 18.2. The van der Waals surface area contributed by atoms with Crippen LogP contribution in [0.3, 0.4) is 0 Å². The summed E-state index contributed by atoms with van der Waals surface area (Å²) in [5, 5.41) is 0. The van der Waals surface area contributed by atoms with Crippen LogP contribution >= 0.6 is 0 Å². The number of rotatable bonds is 6. The molecule has 0 aromatic heterocycles. The third kappa shape index (κ3) is 5.07. The molecule has 0 aromatic rings. The largest absolute Gasteiger partial charge is 0.298 e. The highest BCUT2D eigenvalue weighted by Crippen LogP contribution is 2.25. The highest BCUT2D eigenvalue weighted by atomic mass is 32.2. The van der Waals surface area contributed by atoms with Crippen LogP contribution in [0.25, 0.3) is 0 Å². The van der Waals surface area contributed by atoms with Crippen molar-refractivity contribution in [1.82, 2.24) is 4.90 Å². The summed E-state index contributed by atoms with van der Waals surface area (Å²) in [6.07, 6.45) is 5.56. The lowest BCUT2D eigenvalue weighted by Crippen LogP contribution is -2.32. The van der Waals surface area contributed by atoms with Crippen molar-refractivity contribution < 1.29 is 13.2 Å². The smallest absolute Gasteiger partial charge is 0.149 e. The monoisotopic (exact) mass is 247 g/mol. The summed E-state index contributed by atoms with van der Waals surface area (Å²) in [4.78, 5) is 13.6. The summed E-state index contributed by atoms with van der Waals surface area (Å²) in [7, 11) is -1.12. The van der Waals surface area contributed by atoms with E-state index in [1.165, 1.54) is 6.26 Å². The lowest BCUT2D eigenvalue weighted by atomic mass is 10.0. The molecule has 0 unspecified atom stereocenters. The van der Waals surface area contributed by atoms with E-state index in [1.807, 2.05) is 4.90 Å². The molecule has 1 saturated carbocycles. The third-order valence-corrected chi connectivity index (χ3v) is 4.00. The summed E-state index contributed by atoms with van der Waals surface area (Å²) in [6, 6.07) is 0. The molecular formula is C11H21NO3S. The number of hydrogen-bond acceptors (Lipinski definition) is 4. The lowest BCUT2D eigenvalue weighted by Gasteiger charge is -2.17. The first-order valence-corrected chi connectivity index (χ1v) is 7.83. The predicted octanol–water partition coefficient (Wildman–Crippen LogP) is 0.722. The Morgan fingerprint density at radius 3 is 2.38 bits per heavy atom. The van der Waals surface area contributed by atoms with Crippen LogP contribution in [0.15, 0.2) is 0 Å². The lowest BCUT2D eigenvalue weighted by molar-refractivity contribution is -0.123. The van der Waals surface area contributed by atoms with Crippen molar-refractivity contribution in [2.24, 2.45) is 5.92 Å². The molecule has 16 heavy (non-hydrogen) atoms. The minimum atomic E-state index is -2.93. The summed E-state index contributed by atoms with van der Waals surface area (Å²) >= 11 is 0. The topological polar surface area (TPSA) is 54.5 Å². The van der Waals surface area contributed by atoms with Crippen molar-refractivity contribution in [2.75, 3.05) is 32.1 Å². The SMILES string of the molecule is CN(CCS(C)(=O)=O)CC(=O)C1CCCC1. The van der Waals surface area contributed by atoms with Gasteiger partial charge < -0.3 is 0 Å². The molecule has 0 radical (unpaired) electrons. The van der Waals surface area contributed by atoms with Crippen molar-refractivity contribution >= 4 is 15.6 Å². The summed E-state index contributed by atoms with van der Waals surface area (Å²) in [5.74, 6) is 0.621. The maximum atomic E-state index is 11.8. The van der Waals surface area contributed by atoms with Gasteiger partial charge in [0.1, 0.15) is 15.6 Å². The Labute approximate surface area is 97.9 Å².